The van der Waals surface area contributed by atoms with Gasteiger partial charge in [-0.05, 0) is 124 Å². The van der Waals surface area contributed by atoms with Crippen LogP contribution in [-0.2, 0) is 0 Å². The number of halogens is 3. The van der Waals surface area contributed by atoms with Gasteiger partial charge < -0.3 is 55.3 Å². The molecule has 6 heterocycles. The Balaban J connectivity index is 0.000000151. The quantitative estimate of drug-likeness (QED) is 0.0430. The van der Waals surface area contributed by atoms with E-state index in [4.69, 9.17) is 28.7 Å². The average molecular weight is 1180 g/mol. The lowest BCUT2D eigenvalue weighted by atomic mass is 9.91. The second kappa shape index (κ2) is 29.0. The number of benzene rings is 3. The van der Waals surface area contributed by atoms with Gasteiger partial charge in [0, 0.05) is 132 Å². The van der Waals surface area contributed by atoms with Crippen LogP contribution in [0.2, 0.25) is 0 Å². The van der Waals surface area contributed by atoms with Crippen LogP contribution < -0.4 is 55.3 Å². The molecule has 1 unspecified atom stereocenters. The Hall–Kier alpha value is -8.49. The minimum absolute atomic E-state index is 0.0888. The maximum atomic E-state index is 14.6. The maximum absolute atomic E-state index is 14.6. The van der Waals surface area contributed by atoms with Crippen molar-refractivity contribution in [2.75, 3.05) is 43.8 Å². The van der Waals surface area contributed by atoms with Crippen molar-refractivity contribution in [1.82, 2.24) is 44.9 Å². The summed E-state index contributed by atoms with van der Waals surface area (Å²) in [6, 6.07) is 31.7. The molecule has 0 aliphatic heterocycles. The number of aryl methyl sites for hydroxylation is 1. The van der Waals surface area contributed by atoms with Crippen molar-refractivity contribution in [2.45, 2.75) is 112 Å². The van der Waals surface area contributed by atoms with Crippen LogP contribution in [0.3, 0.4) is 0 Å². The Labute approximate surface area is 491 Å². The Kier molecular flexibility index (Phi) is 20.6. The first-order valence-electron chi connectivity index (χ1n) is 26.6. The van der Waals surface area contributed by atoms with Gasteiger partial charge in [0.1, 0.15) is 46.5 Å². The smallest absolute Gasteiger partial charge is 0.223 e. The van der Waals surface area contributed by atoms with E-state index < -0.39 is 0 Å². The van der Waals surface area contributed by atoms with Crippen LogP contribution in [0.4, 0.5) is 77.2 Å². The third kappa shape index (κ3) is 18.0. The molecule has 9 aromatic rings. The Bertz CT molecular complexity index is 3380. The fourth-order valence-corrected chi connectivity index (χ4v) is 11.4. The van der Waals surface area contributed by atoms with Crippen LogP contribution in [-0.4, -0.2) is 69.0 Å². The summed E-state index contributed by atoms with van der Waals surface area (Å²) in [4.78, 5) is 41.3. The predicted octanol–water partition coefficient (Wildman–Crippen LogP) is 12.1. The summed E-state index contributed by atoms with van der Waals surface area (Å²) in [6.07, 6.45) is 18.6. The molecule has 15 N–H and O–H groups in total. The molecule has 19 nitrogen and oxygen atoms in total. The van der Waals surface area contributed by atoms with E-state index in [0.29, 0.717) is 60.8 Å². The molecule has 6 aromatic heterocycles. The molecule has 83 heavy (non-hydrogen) atoms. The first kappa shape index (κ1) is 59.1. The summed E-state index contributed by atoms with van der Waals surface area (Å²) in [6.45, 7) is 1.82. The molecule has 0 radical (unpaired) electrons. The van der Waals surface area contributed by atoms with Gasteiger partial charge in [0.15, 0.2) is 0 Å². The molecule has 0 amide bonds. The highest BCUT2D eigenvalue weighted by molar-refractivity contribution is 7.99. The van der Waals surface area contributed by atoms with E-state index in [1.807, 2.05) is 43.3 Å². The minimum atomic E-state index is -0.324. The lowest BCUT2D eigenvalue weighted by Gasteiger charge is -2.29. The summed E-state index contributed by atoms with van der Waals surface area (Å²) < 4.78 is 43.4. The largest absolute Gasteiger partial charge is 0.368 e. The number of nitrogens with two attached hydrogens (primary N) is 5. The Morgan fingerprint density at radius 3 is 1.04 bits per heavy atom. The van der Waals surface area contributed by atoms with E-state index in [2.05, 4.69) is 71.4 Å². The highest BCUT2D eigenvalue weighted by Crippen LogP contribution is 2.35. The van der Waals surface area contributed by atoms with Gasteiger partial charge in [0.2, 0.25) is 17.8 Å². The number of nitrogens with one attached hydrogen (secondary N) is 5. The molecule has 11 rings (SSSR count). The first-order chi connectivity index (χ1) is 40.2. The molecule has 428 valence electrons. The van der Waals surface area contributed by atoms with E-state index in [1.165, 1.54) is 53.5 Å². The van der Waals surface area contributed by atoms with E-state index in [0.717, 1.165) is 71.7 Å². The molecular weight excluding hydrogens is 1120 g/mol. The van der Waals surface area contributed by atoms with Gasteiger partial charge in [0.05, 0.1) is 0 Å². The van der Waals surface area contributed by atoms with E-state index in [-0.39, 0.29) is 59.5 Å². The third-order valence-corrected chi connectivity index (χ3v) is 16.1. The second-order valence-corrected chi connectivity index (χ2v) is 22.7. The summed E-state index contributed by atoms with van der Waals surface area (Å²) in [5, 5.41) is 16.0. The molecular formula is C58H62F3N19S3. The molecule has 25 heteroatoms. The van der Waals surface area contributed by atoms with E-state index >= 15 is 0 Å². The van der Waals surface area contributed by atoms with Crippen molar-refractivity contribution < 1.29 is 13.2 Å². The Morgan fingerprint density at radius 2 is 0.711 bits per heavy atom. The van der Waals surface area contributed by atoms with Crippen molar-refractivity contribution in [3.8, 4) is 0 Å². The number of hydrogen-bond acceptors (Lipinski definition) is 22. The van der Waals surface area contributed by atoms with Crippen LogP contribution in [0.25, 0.3) is 0 Å². The average Bonchev–Trinajstić information content (AvgIpc) is 3.53. The van der Waals surface area contributed by atoms with Crippen LogP contribution in [0.1, 0.15) is 57.1 Å². The number of pyridine rings is 3. The molecule has 3 aromatic carbocycles. The highest BCUT2D eigenvalue weighted by atomic mass is 32.2. The van der Waals surface area contributed by atoms with Crippen molar-refractivity contribution in [3.05, 3.63) is 170 Å². The van der Waals surface area contributed by atoms with Gasteiger partial charge >= 0.3 is 0 Å². The van der Waals surface area contributed by atoms with Crippen LogP contribution in [0, 0.1) is 24.4 Å². The number of hydrogen-bond donors (Lipinski definition) is 10. The van der Waals surface area contributed by atoms with Crippen molar-refractivity contribution in [2.24, 2.45) is 11.5 Å². The normalized spacial score (nSPS) is 16.5. The van der Waals surface area contributed by atoms with E-state index in [9.17, 15) is 13.2 Å². The summed E-state index contributed by atoms with van der Waals surface area (Å²) in [7, 11) is 0. The highest BCUT2D eigenvalue weighted by Gasteiger charge is 2.24. The molecule has 2 aliphatic carbocycles. The number of rotatable bonds is 16. The lowest BCUT2D eigenvalue weighted by Crippen LogP contribution is -2.42. The van der Waals surface area contributed by atoms with Crippen molar-refractivity contribution in [1.29, 1.82) is 0 Å². The molecule has 2 aliphatic rings. The number of nitrogen functional groups attached to an aromatic ring is 3. The van der Waals surface area contributed by atoms with Gasteiger partial charge in [-0.15, -0.1) is 0 Å². The zero-order valence-corrected chi connectivity index (χ0v) is 47.5. The van der Waals surface area contributed by atoms with Crippen molar-refractivity contribution in [3.63, 3.8) is 0 Å². The zero-order chi connectivity index (χ0) is 58.1. The third-order valence-electron chi connectivity index (χ3n) is 12.9. The Morgan fingerprint density at radius 1 is 0.398 bits per heavy atom. The van der Waals surface area contributed by atoms with Crippen LogP contribution in [0.5, 0.6) is 0 Å². The van der Waals surface area contributed by atoms with Crippen LogP contribution >= 0.6 is 35.3 Å². The number of aromatic nitrogens is 9. The molecule has 0 bridgehead atoms. The first-order valence-corrected chi connectivity index (χ1v) is 29.1. The van der Waals surface area contributed by atoms with Gasteiger partial charge in [-0.1, -0.05) is 61.0 Å². The minimum Gasteiger partial charge on any atom is -0.368 e. The fourth-order valence-electron chi connectivity index (χ4n) is 8.95. The van der Waals surface area contributed by atoms with Crippen molar-refractivity contribution >= 4 is 99.3 Å². The molecule has 0 saturated heterocycles. The predicted molar refractivity (Wildman–Crippen MR) is 326 cm³/mol. The van der Waals surface area contributed by atoms with Gasteiger partial charge in [-0.2, -0.15) is 24.9 Å². The summed E-state index contributed by atoms with van der Waals surface area (Å²) in [5.41, 5.74) is 32.3. The van der Waals surface area contributed by atoms with Gasteiger partial charge in [-0.25, -0.2) is 18.2 Å². The molecule has 0 spiro atoms. The molecule has 2 saturated carbocycles. The van der Waals surface area contributed by atoms with E-state index in [1.54, 1.807) is 91.8 Å². The zero-order valence-electron chi connectivity index (χ0n) is 45.1. The van der Waals surface area contributed by atoms with Gasteiger partial charge in [0.25, 0.3) is 0 Å². The standard InChI is InChI=1S/2C21H24FN7S.C16H14FN5S/c2*22-15-11-13(5-6-18(15)30-14-7-9-25-10-8-14)26-19-12-20(29-21(24)28-19)27-17-4-2-1-3-16(17)23;1-10-8-15(22-16(18)20-10)21-11-2-3-14(13(17)9-11)23-12-4-6-19-7-5-12/h2*5-12,16-17H,1-4,23H2,(H4,24,26,27,28,29);2-9H,1H3,(H3,18,20,21,22)/t16-,17?;16-,17-;/m11./s1. The summed E-state index contributed by atoms with van der Waals surface area (Å²) >= 11 is 4.03. The van der Waals surface area contributed by atoms with Gasteiger partial charge in [-0.3, -0.25) is 15.0 Å². The topological polar surface area (TPSA) is 306 Å². The second-order valence-electron chi connectivity index (χ2n) is 19.3. The summed E-state index contributed by atoms with van der Waals surface area (Å²) in [5.74, 6) is 2.22. The number of anilines is 11. The lowest BCUT2D eigenvalue weighted by molar-refractivity contribution is 0.403. The number of nitrogens with zero attached hydrogens (tertiary/aromatic N) is 9. The SMILES string of the molecule is Cc1cc(Nc2ccc(Sc3ccncc3)c(F)c2)nc(N)n1.Nc1nc(Nc2ccc(Sc3ccncc3)c(F)c2)cc(NC2CCCC[C@H]2N)n1.Nc1nc(Nc2ccc(Sc3ccncc3)c(F)c2)cc(N[C@@H]2CCCC[C@H]2N)n1. The molecule has 4 atom stereocenters. The monoisotopic (exact) mass is 1180 g/mol. The maximum Gasteiger partial charge on any atom is 0.223 e. The molecule has 2 fully saturated rings. The van der Waals surface area contributed by atoms with Crippen LogP contribution in [0.15, 0.2) is 176 Å². The fraction of sp³-hybridized carbons (Fsp3) is 0.224.